The molecule has 2 rings (SSSR count). The minimum Gasteiger partial charge on any atom is -0.392 e. The van der Waals surface area contributed by atoms with Crippen molar-refractivity contribution in [3.8, 4) is 0 Å². The number of rotatable bonds is 4. The molecule has 19 heavy (non-hydrogen) atoms. The predicted octanol–water partition coefficient (Wildman–Crippen LogP) is 2.58. The fourth-order valence-corrected chi connectivity index (χ4v) is 3.12. The summed E-state index contributed by atoms with van der Waals surface area (Å²) in [6.07, 6.45) is 2.54. The number of hydrogen-bond acceptors (Lipinski definition) is 3. The first-order chi connectivity index (χ1) is 9.13. The number of nitrogens with zero attached hydrogens (tertiary/aromatic N) is 1. The number of hydrogen-bond donors (Lipinski definition) is 2. The van der Waals surface area contributed by atoms with Crippen LogP contribution in [0.2, 0.25) is 5.02 Å². The first-order valence-corrected chi connectivity index (χ1v) is 7.43. The van der Waals surface area contributed by atoms with Gasteiger partial charge in [0.25, 0.3) is 0 Å². The van der Waals surface area contributed by atoms with E-state index in [4.69, 9.17) is 17.3 Å². The molecule has 3 nitrogen and oxygen atoms in total. The van der Waals surface area contributed by atoms with Gasteiger partial charge in [-0.25, -0.2) is 0 Å². The van der Waals surface area contributed by atoms with Gasteiger partial charge >= 0.3 is 0 Å². The van der Waals surface area contributed by atoms with Crippen molar-refractivity contribution in [3.05, 3.63) is 34.9 Å². The number of nitrogens with two attached hydrogens (primary N) is 1. The van der Waals surface area contributed by atoms with Crippen molar-refractivity contribution in [3.63, 3.8) is 0 Å². The fraction of sp³-hybridized carbons (Fsp3) is 0.600. The summed E-state index contributed by atoms with van der Waals surface area (Å²) in [5.41, 5.74) is 7.39. The van der Waals surface area contributed by atoms with Gasteiger partial charge in [0.2, 0.25) is 0 Å². The van der Waals surface area contributed by atoms with Gasteiger partial charge in [0.05, 0.1) is 12.1 Å². The topological polar surface area (TPSA) is 49.5 Å². The van der Waals surface area contributed by atoms with Gasteiger partial charge in [-0.1, -0.05) is 36.7 Å². The molecule has 3 N–H and O–H groups in total. The van der Waals surface area contributed by atoms with Gasteiger partial charge in [-0.05, 0) is 37.4 Å². The van der Waals surface area contributed by atoms with Crippen LogP contribution in [0.1, 0.15) is 37.8 Å². The molecule has 4 heteroatoms. The first-order valence-electron chi connectivity index (χ1n) is 7.05. The van der Waals surface area contributed by atoms with Crippen LogP contribution in [-0.4, -0.2) is 35.2 Å². The van der Waals surface area contributed by atoms with Gasteiger partial charge in [-0.15, -0.1) is 0 Å². The van der Waals surface area contributed by atoms with Crippen molar-refractivity contribution in [2.45, 2.75) is 44.4 Å². The highest BCUT2D eigenvalue weighted by atomic mass is 35.5. The van der Waals surface area contributed by atoms with E-state index in [1.807, 2.05) is 24.3 Å². The van der Waals surface area contributed by atoms with Gasteiger partial charge < -0.3 is 10.8 Å². The molecule has 0 saturated carbocycles. The molecule has 1 fully saturated rings. The normalized spacial score (nSPS) is 24.1. The molecule has 0 aliphatic carbocycles. The van der Waals surface area contributed by atoms with E-state index in [0.717, 1.165) is 36.4 Å². The Hall–Kier alpha value is -0.610. The molecule has 1 aromatic rings. The summed E-state index contributed by atoms with van der Waals surface area (Å²) in [5.74, 6) is 0. The van der Waals surface area contributed by atoms with Crippen LogP contribution in [0, 0.1) is 0 Å². The van der Waals surface area contributed by atoms with Gasteiger partial charge in [0, 0.05) is 17.6 Å². The summed E-state index contributed by atoms with van der Waals surface area (Å²) in [6.45, 7) is 3.75. The van der Waals surface area contributed by atoms with Crippen LogP contribution < -0.4 is 5.73 Å². The highest BCUT2D eigenvalue weighted by Crippen LogP contribution is 2.32. The molecule has 0 radical (unpaired) electrons. The quantitative estimate of drug-likeness (QED) is 0.892. The van der Waals surface area contributed by atoms with Gasteiger partial charge in [-0.3, -0.25) is 4.90 Å². The van der Waals surface area contributed by atoms with E-state index in [-0.39, 0.29) is 18.2 Å². The van der Waals surface area contributed by atoms with E-state index >= 15 is 0 Å². The molecule has 1 heterocycles. The summed E-state index contributed by atoms with van der Waals surface area (Å²) >= 11 is 6.33. The maximum Gasteiger partial charge on any atom is 0.0667 e. The second kappa shape index (κ2) is 6.71. The number of likely N-dealkylation sites (tertiary alicyclic amines) is 1. The predicted molar refractivity (Wildman–Crippen MR) is 79.3 cm³/mol. The molecule has 0 aromatic heterocycles. The number of aliphatic hydroxyl groups excluding tert-OH is 1. The van der Waals surface area contributed by atoms with E-state index in [1.165, 1.54) is 0 Å². The van der Waals surface area contributed by atoms with Gasteiger partial charge in [-0.2, -0.15) is 0 Å². The van der Waals surface area contributed by atoms with Crippen molar-refractivity contribution in [1.29, 1.82) is 0 Å². The lowest BCUT2D eigenvalue weighted by molar-refractivity contribution is 0.0385. The number of piperidine rings is 1. The van der Waals surface area contributed by atoms with E-state index in [1.54, 1.807) is 0 Å². The van der Waals surface area contributed by atoms with Crippen LogP contribution in [-0.2, 0) is 0 Å². The third-order valence-corrected chi connectivity index (χ3v) is 4.27. The zero-order valence-electron chi connectivity index (χ0n) is 11.4. The summed E-state index contributed by atoms with van der Waals surface area (Å²) in [4.78, 5) is 2.28. The van der Waals surface area contributed by atoms with Crippen LogP contribution in [0.25, 0.3) is 0 Å². The zero-order chi connectivity index (χ0) is 13.8. The van der Waals surface area contributed by atoms with Crippen LogP contribution in [0.3, 0.4) is 0 Å². The smallest absolute Gasteiger partial charge is 0.0667 e. The van der Waals surface area contributed by atoms with Crippen molar-refractivity contribution in [2.75, 3.05) is 13.1 Å². The number of β-amino-alcohol motifs (C(OH)–C–C–N with tert-alkyl or cyclic N) is 1. The Bertz CT molecular complexity index is 413. The van der Waals surface area contributed by atoms with Gasteiger partial charge in [0.1, 0.15) is 0 Å². The summed E-state index contributed by atoms with van der Waals surface area (Å²) in [6, 6.07) is 8.01. The zero-order valence-corrected chi connectivity index (χ0v) is 12.2. The molecule has 0 bridgehead atoms. The molecule has 1 aromatic carbocycles. The van der Waals surface area contributed by atoms with Crippen LogP contribution in [0.15, 0.2) is 24.3 Å². The summed E-state index contributed by atoms with van der Waals surface area (Å²) in [5, 5.41) is 10.6. The highest BCUT2D eigenvalue weighted by Gasteiger charge is 2.30. The molecule has 1 aliphatic rings. The van der Waals surface area contributed by atoms with E-state index < -0.39 is 0 Å². The molecule has 0 spiro atoms. The Morgan fingerprint density at radius 2 is 2.21 bits per heavy atom. The second-order valence-corrected chi connectivity index (χ2v) is 5.74. The van der Waals surface area contributed by atoms with Crippen molar-refractivity contribution in [2.24, 2.45) is 5.73 Å². The molecule has 0 amide bonds. The summed E-state index contributed by atoms with van der Waals surface area (Å²) in [7, 11) is 0. The summed E-state index contributed by atoms with van der Waals surface area (Å²) < 4.78 is 0. The van der Waals surface area contributed by atoms with Crippen molar-refractivity contribution >= 4 is 11.6 Å². The molecule has 1 saturated heterocycles. The Morgan fingerprint density at radius 3 is 2.84 bits per heavy atom. The Morgan fingerprint density at radius 1 is 1.47 bits per heavy atom. The second-order valence-electron chi connectivity index (χ2n) is 5.33. The minimum atomic E-state index is -0.247. The lowest BCUT2D eigenvalue weighted by Gasteiger charge is -2.39. The fourth-order valence-electron chi connectivity index (χ4n) is 2.87. The lowest BCUT2D eigenvalue weighted by atomic mass is 9.93. The van der Waals surface area contributed by atoms with Crippen LogP contribution in [0.4, 0.5) is 0 Å². The standard InChI is InChI=1S/C15H23ClN2O/c1-2-14(17)15(12-7-3-4-8-13(12)16)18-9-5-6-11(19)10-18/h3-4,7-8,11,14-15,19H,2,5-6,9-10,17H2,1H3. The van der Waals surface area contributed by atoms with Crippen LogP contribution >= 0.6 is 11.6 Å². The minimum absolute atomic E-state index is 0.0326. The third-order valence-electron chi connectivity index (χ3n) is 3.92. The number of halogens is 1. The lowest BCUT2D eigenvalue weighted by Crippen LogP contribution is -2.47. The maximum absolute atomic E-state index is 9.88. The highest BCUT2D eigenvalue weighted by molar-refractivity contribution is 6.31. The first kappa shape index (κ1) is 14.8. The molecule has 3 unspecified atom stereocenters. The Kier molecular flexibility index (Phi) is 5.22. The van der Waals surface area contributed by atoms with Crippen LogP contribution in [0.5, 0.6) is 0 Å². The molecular formula is C15H23ClN2O. The van der Waals surface area contributed by atoms with E-state index in [2.05, 4.69) is 11.8 Å². The van der Waals surface area contributed by atoms with E-state index in [0.29, 0.717) is 6.54 Å². The molecule has 106 valence electrons. The molecule has 3 atom stereocenters. The van der Waals surface area contributed by atoms with Crippen molar-refractivity contribution < 1.29 is 5.11 Å². The number of aliphatic hydroxyl groups is 1. The maximum atomic E-state index is 9.88. The largest absolute Gasteiger partial charge is 0.392 e. The Labute approximate surface area is 120 Å². The third kappa shape index (κ3) is 3.48. The molecule has 1 aliphatic heterocycles. The monoisotopic (exact) mass is 282 g/mol. The van der Waals surface area contributed by atoms with Gasteiger partial charge in [0.15, 0.2) is 0 Å². The van der Waals surface area contributed by atoms with Crippen molar-refractivity contribution in [1.82, 2.24) is 4.90 Å². The SMILES string of the molecule is CCC(N)C(c1ccccc1Cl)N1CCCC(O)C1. The number of benzene rings is 1. The average molecular weight is 283 g/mol. The average Bonchev–Trinajstić information content (AvgIpc) is 2.41. The molecular weight excluding hydrogens is 260 g/mol. The van der Waals surface area contributed by atoms with E-state index in [9.17, 15) is 5.11 Å². The Balaban J connectivity index is 2.28.